The number of carbonyl (C=O) groups excluding carboxylic acids is 1. The van der Waals surface area contributed by atoms with E-state index in [2.05, 4.69) is 6.58 Å². The van der Waals surface area contributed by atoms with Crippen molar-refractivity contribution < 1.29 is 13.9 Å². The predicted molar refractivity (Wildman–Crippen MR) is 62.4 cm³/mol. The van der Waals surface area contributed by atoms with Crippen LogP contribution in [0.5, 0.6) is 0 Å². The monoisotopic (exact) mass is 224 g/mol. The number of benzene rings is 1. The zero-order valence-electron chi connectivity index (χ0n) is 9.87. The van der Waals surface area contributed by atoms with E-state index in [0.29, 0.717) is 0 Å². The van der Waals surface area contributed by atoms with Crippen LogP contribution in [0.3, 0.4) is 0 Å². The normalized spacial score (nSPS) is 9.75. The molecule has 0 N–H and O–H groups in total. The van der Waals surface area contributed by atoms with Crippen LogP contribution in [0.15, 0.2) is 43.0 Å². The highest BCUT2D eigenvalue weighted by Crippen LogP contribution is 2.06. The predicted octanol–water partition coefficient (Wildman–Crippen LogP) is 3.34. The molecule has 16 heavy (non-hydrogen) atoms. The van der Waals surface area contributed by atoms with Crippen molar-refractivity contribution in [3.05, 3.63) is 48.8 Å². The first kappa shape index (κ1) is 14.4. The number of carbonyl (C=O) groups is 1. The number of hydrogen-bond donors (Lipinski definition) is 0. The molecule has 0 saturated heterocycles. The summed E-state index contributed by atoms with van der Waals surface area (Å²) in [6, 6.07) is 7.94. The van der Waals surface area contributed by atoms with Crippen LogP contribution in [0.2, 0.25) is 0 Å². The molecule has 3 heteroatoms. The lowest BCUT2D eigenvalue weighted by Crippen LogP contribution is -2.22. The molecule has 0 atom stereocenters. The summed E-state index contributed by atoms with van der Waals surface area (Å²) in [5, 5.41) is 0. The SMILES string of the molecule is C=CC(=O)OC(C)(C)C.Fc1ccccc1. The highest BCUT2D eigenvalue weighted by atomic mass is 19.1. The molecule has 0 aliphatic rings. The Morgan fingerprint density at radius 1 is 1.31 bits per heavy atom. The number of rotatable bonds is 1. The molecule has 0 spiro atoms. The zero-order chi connectivity index (χ0) is 12.6. The van der Waals surface area contributed by atoms with Gasteiger partial charge in [-0.25, -0.2) is 9.18 Å². The molecular formula is C13H17FO2. The average Bonchev–Trinajstić information content (AvgIpc) is 2.17. The van der Waals surface area contributed by atoms with Crippen molar-refractivity contribution >= 4 is 5.97 Å². The van der Waals surface area contributed by atoms with Crippen LogP contribution >= 0.6 is 0 Å². The standard InChI is InChI=1S/C7H12O2.C6H5F/c1-5-6(8)9-7(2,3)4;7-6-4-2-1-3-5-6/h5H,1H2,2-4H3;1-5H. The van der Waals surface area contributed by atoms with Crippen molar-refractivity contribution in [2.24, 2.45) is 0 Å². The summed E-state index contributed by atoms with van der Waals surface area (Å²) in [6.45, 7) is 8.71. The van der Waals surface area contributed by atoms with Crippen molar-refractivity contribution in [3.63, 3.8) is 0 Å². The minimum Gasteiger partial charge on any atom is -0.457 e. The highest BCUT2D eigenvalue weighted by Gasteiger charge is 2.12. The fraction of sp³-hybridized carbons (Fsp3) is 0.308. The van der Waals surface area contributed by atoms with Gasteiger partial charge in [0, 0.05) is 6.08 Å². The summed E-state index contributed by atoms with van der Waals surface area (Å²) in [5.74, 6) is -0.551. The van der Waals surface area contributed by atoms with E-state index < -0.39 is 5.60 Å². The molecule has 1 rings (SSSR count). The molecule has 1 aromatic carbocycles. The van der Waals surface area contributed by atoms with Crippen molar-refractivity contribution in [1.82, 2.24) is 0 Å². The molecule has 0 aliphatic carbocycles. The van der Waals surface area contributed by atoms with E-state index in [9.17, 15) is 9.18 Å². The summed E-state index contributed by atoms with van der Waals surface area (Å²) < 4.78 is 16.7. The van der Waals surface area contributed by atoms with Crippen molar-refractivity contribution in [1.29, 1.82) is 0 Å². The largest absolute Gasteiger partial charge is 0.457 e. The number of halogens is 1. The first-order valence-electron chi connectivity index (χ1n) is 4.91. The Morgan fingerprint density at radius 3 is 2.00 bits per heavy atom. The Hall–Kier alpha value is -1.64. The summed E-state index contributed by atoms with van der Waals surface area (Å²) in [5.41, 5.74) is -0.398. The maximum atomic E-state index is 11.9. The third-order valence-electron chi connectivity index (χ3n) is 1.31. The molecule has 0 saturated carbocycles. The lowest BCUT2D eigenvalue weighted by molar-refractivity contribution is -0.148. The third kappa shape index (κ3) is 8.94. The number of ether oxygens (including phenoxy) is 1. The molecule has 0 bridgehead atoms. The van der Waals surface area contributed by atoms with Gasteiger partial charge in [-0.2, -0.15) is 0 Å². The summed E-state index contributed by atoms with van der Waals surface area (Å²) in [6.07, 6.45) is 1.16. The van der Waals surface area contributed by atoms with Gasteiger partial charge in [-0.05, 0) is 32.9 Å². The maximum absolute atomic E-state index is 11.9. The van der Waals surface area contributed by atoms with Crippen LogP contribution < -0.4 is 0 Å². The Balaban J connectivity index is 0.000000288. The topological polar surface area (TPSA) is 26.3 Å². The van der Waals surface area contributed by atoms with Gasteiger partial charge in [0.15, 0.2) is 0 Å². The molecule has 0 aromatic heterocycles. The van der Waals surface area contributed by atoms with E-state index in [1.165, 1.54) is 12.1 Å². The van der Waals surface area contributed by atoms with Gasteiger partial charge < -0.3 is 4.74 Å². The van der Waals surface area contributed by atoms with E-state index in [0.717, 1.165) is 6.08 Å². The first-order valence-corrected chi connectivity index (χ1v) is 4.91. The molecule has 0 radical (unpaired) electrons. The van der Waals surface area contributed by atoms with Crippen molar-refractivity contribution in [3.8, 4) is 0 Å². The van der Waals surface area contributed by atoms with Gasteiger partial charge in [0.1, 0.15) is 11.4 Å². The van der Waals surface area contributed by atoms with Crippen LogP contribution in [-0.4, -0.2) is 11.6 Å². The minimum absolute atomic E-state index is 0.178. The second-order valence-corrected chi connectivity index (χ2v) is 4.03. The van der Waals surface area contributed by atoms with E-state index in [1.54, 1.807) is 18.2 Å². The van der Waals surface area contributed by atoms with Gasteiger partial charge in [-0.3, -0.25) is 0 Å². The lowest BCUT2D eigenvalue weighted by atomic mass is 10.2. The molecule has 2 nitrogen and oxygen atoms in total. The Bertz CT molecular complexity index is 326. The summed E-state index contributed by atoms with van der Waals surface area (Å²) in [4.78, 5) is 10.5. The van der Waals surface area contributed by atoms with Crippen LogP contribution in [0.1, 0.15) is 20.8 Å². The van der Waals surface area contributed by atoms with Crippen LogP contribution in [0, 0.1) is 5.82 Å². The van der Waals surface area contributed by atoms with E-state index in [1.807, 2.05) is 20.8 Å². The van der Waals surface area contributed by atoms with Gasteiger partial charge in [-0.1, -0.05) is 24.8 Å². The average molecular weight is 224 g/mol. The Morgan fingerprint density at radius 2 is 1.81 bits per heavy atom. The van der Waals surface area contributed by atoms with Gasteiger partial charge in [0.25, 0.3) is 0 Å². The van der Waals surface area contributed by atoms with Gasteiger partial charge in [0.05, 0.1) is 0 Å². The second-order valence-electron chi connectivity index (χ2n) is 4.03. The second kappa shape index (κ2) is 6.77. The Kier molecular flexibility index (Phi) is 6.08. The Labute approximate surface area is 95.7 Å². The lowest BCUT2D eigenvalue weighted by Gasteiger charge is -2.17. The molecule has 0 amide bonds. The molecule has 0 aliphatic heterocycles. The third-order valence-corrected chi connectivity index (χ3v) is 1.31. The van der Waals surface area contributed by atoms with Crippen molar-refractivity contribution in [2.45, 2.75) is 26.4 Å². The van der Waals surface area contributed by atoms with Crippen molar-refractivity contribution in [2.75, 3.05) is 0 Å². The van der Waals surface area contributed by atoms with Gasteiger partial charge >= 0.3 is 5.97 Å². The van der Waals surface area contributed by atoms with Crippen LogP contribution in [0.25, 0.3) is 0 Å². The van der Waals surface area contributed by atoms with Gasteiger partial charge in [0.2, 0.25) is 0 Å². The highest BCUT2D eigenvalue weighted by molar-refractivity contribution is 5.81. The van der Waals surface area contributed by atoms with E-state index in [4.69, 9.17) is 4.74 Å². The minimum atomic E-state index is -0.398. The molecule has 0 heterocycles. The summed E-state index contributed by atoms with van der Waals surface area (Å²) >= 11 is 0. The van der Waals surface area contributed by atoms with Crippen LogP contribution in [0.4, 0.5) is 4.39 Å². The van der Waals surface area contributed by atoms with Crippen LogP contribution in [-0.2, 0) is 9.53 Å². The molecular weight excluding hydrogens is 207 g/mol. The number of esters is 1. The molecule has 1 aromatic rings. The van der Waals surface area contributed by atoms with Gasteiger partial charge in [-0.15, -0.1) is 0 Å². The van der Waals surface area contributed by atoms with E-state index in [-0.39, 0.29) is 11.8 Å². The zero-order valence-corrected chi connectivity index (χ0v) is 9.87. The molecule has 88 valence electrons. The fourth-order valence-electron chi connectivity index (χ4n) is 0.758. The van der Waals surface area contributed by atoms with E-state index >= 15 is 0 Å². The molecule has 0 fully saturated rings. The quantitative estimate of drug-likeness (QED) is 0.540. The number of hydrogen-bond acceptors (Lipinski definition) is 2. The fourth-order valence-corrected chi connectivity index (χ4v) is 0.758. The maximum Gasteiger partial charge on any atom is 0.330 e. The first-order chi connectivity index (χ1) is 7.35. The summed E-state index contributed by atoms with van der Waals surface area (Å²) in [7, 11) is 0. The molecule has 0 unspecified atom stereocenters. The smallest absolute Gasteiger partial charge is 0.330 e.